The Bertz CT molecular complexity index is 1090. The molecule has 1 aromatic heterocycles. The standard InChI is InChI=1S/C23H33N5O4S/c1-18-22(24-15-19-7-6-14-32-17-19)16-25-28(23(18)29)21-10-12-27(13-11-21)33(30,31)26(2)20-8-4-3-5-9-20/h3-5,8-9,16,19,21,24H,6-7,10-15,17H2,1-2H3. The van der Waals surface area contributed by atoms with E-state index in [9.17, 15) is 13.2 Å². The lowest BCUT2D eigenvalue weighted by molar-refractivity contribution is 0.0595. The topological polar surface area (TPSA) is 96.8 Å². The minimum Gasteiger partial charge on any atom is -0.383 e. The van der Waals surface area contributed by atoms with E-state index in [1.165, 1.54) is 13.3 Å². The lowest BCUT2D eigenvalue weighted by atomic mass is 10.0. The highest BCUT2D eigenvalue weighted by molar-refractivity contribution is 7.90. The molecule has 2 fully saturated rings. The van der Waals surface area contributed by atoms with Gasteiger partial charge in [-0.05, 0) is 50.7 Å². The summed E-state index contributed by atoms with van der Waals surface area (Å²) < 4.78 is 35.9. The lowest BCUT2D eigenvalue weighted by Gasteiger charge is -2.34. The summed E-state index contributed by atoms with van der Waals surface area (Å²) in [7, 11) is -2.06. The van der Waals surface area contributed by atoms with Gasteiger partial charge in [0.1, 0.15) is 0 Å². The quantitative estimate of drug-likeness (QED) is 0.661. The third-order valence-electron chi connectivity index (χ3n) is 6.64. The molecule has 1 N–H and O–H groups in total. The molecular weight excluding hydrogens is 442 g/mol. The third-order valence-corrected chi connectivity index (χ3v) is 8.56. The molecule has 0 radical (unpaired) electrons. The van der Waals surface area contributed by atoms with Crippen LogP contribution in [-0.2, 0) is 14.9 Å². The van der Waals surface area contributed by atoms with Crippen molar-refractivity contribution in [2.75, 3.05) is 49.5 Å². The molecule has 180 valence electrons. The average Bonchev–Trinajstić information content (AvgIpc) is 2.86. The third kappa shape index (κ3) is 5.23. The van der Waals surface area contributed by atoms with Crippen LogP contribution in [0.5, 0.6) is 0 Å². The molecule has 2 aromatic rings. The summed E-state index contributed by atoms with van der Waals surface area (Å²) in [6, 6.07) is 8.91. The Balaban J connectivity index is 1.39. The van der Waals surface area contributed by atoms with Crippen LogP contribution in [0.1, 0.15) is 37.3 Å². The maximum atomic E-state index is 13.0. The zero-order valence-corrected chi connectivity index (χ0v) is 20.1. The van der Waals surface area contributed by atoms with Crippen LogP contribution in [-0.4, -0.2) is 62.4 Å². The molecule has 0 aliphatic carbocycles. The number of benzene rings is 1. The molecule has 9 nitrogen and oxygen atoms in total. The molecule has 2 saturated heterocycles. The normalized spacial score (nSPS) is 20.5. The number of rotatable bonds is 7. The van der Waals surface area contributed by atoms with E-state index in [0.29, 0.717) is 43.1 Å². The van der Waals surface area contributed by atoms with Gasteiger partial charge >= 0.3 is 10.2 Å². The zero-order valence-electron chi connectivity index (χ0n) is 19.3. The number of nitrogens with one attached hydrogen (secondary N) is 1. The number of aromatic nitrogens is 2. The van der Waals surface area contributed by atoms with Gasteiger partial charge in [-0.2, -0.15) is 17.8 Å². The molecule has 33 heavy (non-hydrogen) atoms. The van der Waals surface area contributed by atoms with Crippen LogP contribution >= 0.6 is 0 Å². The van der Waals surface area contributed by atoms with Crippen molar-refractivity contribution in [3.8, 4) is 0 Å². The number of hydrogen-bond acceptors (Lipinski definition) is 6. The second-order valence-corrected chi connectivity index (χ2v) is 10.8. The predicted octanol–water partition coefficient (Wildman–Crippen LogP) is 2.41. The van der Waals surface area contributed by atoms with Crippen LogP contribution < -0.4 is 15.2 Å². The van der Waals surface area contributed by atoms with Crippen molar-refractivity contribution in [2.24, 2.45) is 5.92 Å². The van der Waals surface area contributed by atoms with Crippen LogP contribution in [0, 0.1) is 12.8 Å². The van der Waals surface area contributed by atoms with Crippen LogP contribution in [0.3, 0.4) is 0 Å². The van der Waals surface area contributed by atoms with E-state index < -0.39 is 10.2 Å². The Hall–Kier alpha value is -2.43. The molecule has 1 unspecified atom stereocenters. The van der Waals surface area contributed by atoms with Crippen molar-refractivity contribution < 1.29 is 13.2 Å². The van der Waals surface area contributed by atoms with Gasteiger partial charge in [0.05, 0.1) is 30.2 Å². The fourth-order valence-electron chi connectivity index (χ4n) is 4.48. The van der Waals surface area contributed by atoms with Gasteiger partial charge in [-0.15, -0.1) is 0 Å². The fraction of sp³-hybridized carbons (Fsp3) is 0.565. The molecule has 2 aliphatic rings. The predicted molar refractivity (Wildman–Crippen MR) is 129 cm³/mol. The Morgan fingerprint density at radius 1 is 1.18 bits per heavy atom. The minimum absolute atomic E-state index is 0.120. The molecule has 0 amide bonds. The highest BCUT2D eigenvalue weighted by atomic mass is 32.2. The van der Waals surface area contributed by atoms with E-state index in [2.05, 4.69) is 10.4 Å². The molecular formula is C23H33N5O4S. The Morgan fingerprint density at radius 2 is 1.91 bits per heavy atom. The molecule has 10 heteroatoms. The van der Waals surface area contributed by atoms with Crippen LogP contribution in [0.15, 0.2) is 41.3 Å². The molecule has 1 aromatic carbocycles. The number of piperidine rings is 1. The largest absolute Gasteiger partial charge is 0.383 e. The molecule has 2 aliphatic heterocycles. The summed E-state index contributed by atoms with van der Waals surface area (Å²) in [5.74, 6) is 0.445. The summed E-state index contributed by atoms with van der Waals surface area (Å²) in [5.41, 5.74) is 1.89. The zero-order chi connectivity index (χ0) is 23.4. The van der Waals surface area contributed by atoms with Gasteiger partial charge in [-0.25, -0.2) is 4.68 Å². The van der Waals surface area contributed by atoms with Crippen LogP contribution in [0.4, 0.5) is 11.4 Å². The summed E-state index contributed by atoms with van der Waals surface area (Å²) in [6.45, 7) is 4.84. The van der Waals surface area contributed by atoms with Gasteiger partial charge in [-0.1, -0.05) is 18.2 Å². The maximum Gasteiger partial charge on any atom is 0.303 e. The van der Waals surface area contributed by atoms with Crippen molar-refractivity contribution >= 4 is 21.6 Å². The molecule has 0 saturated carbocycles. The van der Waals surface area contributed by atoms with Gasteiger partial charge in [0.15, 0.2) is 0 Å². The molecule has 0 bridgehead atoms. The maximum absolute atomic E-state index is 13.0. The Morgan fingerprint density at radius 3 is 2.58 bits per heavy atom. The Labute approximate surface area is 195 Å². The highest BCUT2D eigenvalue weighted by Crippen LogP contribution is 2.26. The first-order chi connectivity index (χ1) is 15.9. The molecule has 1 atom stereocenters. The Kier molecular flexibility index (Phi) is 7.35. The first-order valence-corrected chi connectivity index (χ1v) is 13.0. The summed E-state index contributed by atoms with van der Waals surface area (Å²) >= 11 is 0. The monoisotopic (exact) mass is 475 g/mol. The van der Waals surface area contributed by atoms with Gasteiger partial charge in [0.2, 0.25) is 0 Å². The number of nitrogens with zero attached hydrogens (tertiary/aromatic N) is 4. The van der Waals surface area contributed by atoms with Crippen molar-refractivity contribution in [3.05, 3.63) is 52.4 Å². The summed E-state index contributed by atoms with van der Waals surface area (Å²) in [6.07, 6.45) is 4.99. The number of ether oxygens (including phenoxy) is 1. The van der Waals surface area contributed by atoms with E-state index >= 15 is 0 Å². The van der Waals surface area contributed by atoms with E-state index in [1.807, 2.05) is 25.1 Å². The van der Waals surface area contributed by atoms with Gasteiger partial charge in [0, 0.05) is 38.9 Å². The second kappa shape index (κ2) is 10.2. The van der Waals surface area contributed by atoms with Crippen molar-refractivity contribution in [1.29, 1.82) is 0 Å². The first kappa shape index (κ1) is 23.7. The average molecular weight is 476 g/mol. The lowest BCUT2D eigenvalue weighted by Crippen LogP contribution is -2.47. The van der Waals surface area contributed by atoms with Crippen molar-refractivity contribution in [1.82, 2.24) is 14.1 Å². The van der Waals surface area contributed by atoms with E-state index in [-0.39, 0.29) is 11.6 Å². The number of anilines is 2. The van der Waals surface area contributed by atoms with Gasteiger partial charge in [-0.3, -0.25) is 9.10 Å². The minimum atomic E-state index is -3.63. The van der Waals surface area contributed by atoms with Crippen molar-refractivity contribution in [2.45, 2.75) is 38.6 Å². The molecule has 3 heterocycles. The summed E-state index contributed by atoms with van der Waals surface area (Å²) in [4.78, 5) is 13.0. The second-order valence-electron chi connectivity index (χ2n) is 8.84. The fourth-order valence-corrected chi connectivity index (χ4v) is 5.89. The number of hydrogen-bond donors (Lipinski definition) is 1. The molecule has 4 rings (SSSR count). The van der Waals surface area contributed by atoms with Crippen LogP contribution in [0.2, 0.25) is 0 Å². The van der Waals surface area contributed by atoms with E-state index in [4.69, 9.17) is 4.74 Å². The van der Waals surface area contributed by atoms with Crippen LogP contribution in [0.25, 0.3) is 0 Å². The highest BCUT2D eigenvalue weighted by Gasteiger charge is 2.32. The van der Waals surface area contributed by atoms with E-state index in [0.717, 1.165) is 38.3 Å². The molecule has 0 spiro atoms. The number of para-hydroxylation sites is 1. The smallest absolute Gasteiger partial charge is 0.303 e. The summed E-state index contributed by atoms with van der Waals surface area (Å²) in [5, 5.41) is 7.79. The van der Waals surface area contributed by atoms with Crippen molar-refractivity contribution in [3.63, 3.8) is 0 Å². The SMILES string of the molecule is Cc1c(NCC2CCCOC2)cnn(C2CCN(S(=O)(=O)N(C)c3ccccc3)CC2)c1=O. The van der Waals surface area contributed by atoms with Gasteiger partial charge < -0.3 is 10.1 Å². The van der Waals surface area contributed by atoms with E-state index in [1.54, 1.807) is 25.4 Å². The van der Waals surface area contributed by atoms with Gasteiger partial charge in [0.25, 0.3) is 5.56 Å². The first-order valence-electron chi connectivity index (χ1n) is 11.6.